The van der Waals surface area contributed by atoms with Gasteiger partial charge in [-0.05, 0) is 47.4 Å². The van der Waals surface area contributed by atoms with Crippen molar-refractivity contribution in [3.8, 4) is 0 Å². The van der Waals surface area contributed by atoms with Crippen LogP contribution < -0.4 is 16.4 Å². The van der Waals surface area contributed by atoms with E-state index in [0.29, 0.717) is 11.6 Å². The number of anilines is 3. The summed E-state index contributed by atoms with van der Waals surface area (Å²) in [6, 6.07) is 11.9. The first-order valence-electron chi connectivity index (χ1n) is 7.14. The van der Waals surface area contributed by atoms with Crippen molar-refractivity contribution in [3.63, 3.8) is 0 Å². The SMILES string of the molecule is CC(=O)N1c2cc(N)ccc2[C@@H]2Cc3ccc(N)cc3[C@@H]21. The zero-order chi connectivity index (χ0) is 14.7. The summed E-state index contributed by atoms with van der Waals surface area (Å²) in [5.74, 6) is 0.353. The van der Waals surface area contributed by atoms with Crippen LogP contribution in [-0.4, -0.2) is 5.91 Å². The van der Waals surface area contributed by atoms with Crippen LogP contribution in [0, 0.1) is 0 Å². The molecule has 2 aromatic carbocycles. The van der Waals surface area contributed by atoms with Crippen molar-refractivity contribution in [2.24, 2.45) is 0 Å². The lowest BCUT2D eigenvalue weighted by Crippen LogP contribution is -2.29. The highest BCUT2D eigenvalue weighted by atomic mass is 16.2. The minimum absolute atomic E-state index is 0.0459. The predicted octanol–water partition coefficient (Wildman–Crippen LogP) is 2.60. The molecule has 2 atom stereocenters. The van der Waals surface area contributed by atoms with Crippen molar-refractivity contribution >= 4 is 23.0 Å². The van der Waals surface area contributed by atoms with Crippen LogP contribution in [0.4, 0.5) is 17.1 Å². The molecule has 1 amide bonds. The van der Waals surface area contributed by atoms with E-state index in [0.717, 1.165) is 17.8 Å². The van der Waals surface area contributed by atoms with Crippen LogP contribution >= 0.6 is 0 Å². The highest BCUT2D eigenvalue weighted by Crippen LogP contribution is 2.55. The maximum absolute atomic E-state index is 12.2. The third-order valence-corrected chi connectivity index (χ3v) is 4.64. The number of amides is 1. The molecule has 4 rings (SSSR count). The number of hydrogen-bond acceptors (Lipinski definition) is 3. The van der Waals surface area contributed by atoms with Crippen LogP contribution in [0.3, 0.4) is 0 Å². The highest BCUT2D eigenvalue weighted by Gasteiger charge is 2.46. The van der Waals surface area contributed by atoms with Crippen molar-refractivity contribution in [2.75, 3.05) is 16.4 Å². The third kappa shape index (κ3) is 1.59. The number of carbonyl (C=O) groups excluding carboxylic acids is 1. The van der Waals surface area contributed by atoms with Gasteiger partial charge in [-0.25, -0.2) is 0 Å². The van der Waals surface area contributed by atoms with E-state index in [1.54, 1.807) is 6.92 Å². The van der Waals surface area contributed by atoms with Crippen molar-refractivity contribution in [2.45, 2.75) is 25.3 Å². The number of nitrogens with zero attached hydrogens (tertiary/aromatic N) is 1. The van der Waals surface area contributed by atoms with Gasteiger partial charge in [0.15, 0.2) is 0 Å². The minimum Gasteiger partial charge on any atom is -0.399 e. The molecule has 1 aliphatic carbocycles. The van der Waals surface area contributed by atoms with Gasteiger partial charge in [0.05, 0.1) is 6.04 Å². The van der Waals surface area contributed by atoms with E-state index in [9.17, 15) is 4.79 Å². The monoisotopic (exact) mass is 279 g/mol. The molecule has 0 radical (unpaired) electrons. The normalized spacial score (nSPS) is 21.9. The molecule has 0 fully saturated rings. The molecule has 0 aromatic heterocycles. The molecule has 4 nitrogen and oxygen atoms in total. The first-order chi connectivity index (χ1) is 10.1. The number of carbonyl (C=O) groups is 1. The van der Waals surface area contributed by atoms with Crippen molar-refractivity contribution in [1.29, 1.82) is 0 Å². The Morgan fingerprint density at radius 1 is 1.10 bits per heavy atom. The van der Waals surface area contributed by atoms with Gasteiger partial charge in [-0.2, -0.15) is 0 Å². The van der Waals surface area contributed by atoms with Gasteiger partial charge in [0.25, 0.3) is 0 Å². The lowest BCUT2D eigenvalue weighted by molar-refractivity contribution is -0.117. The fourth-order valence-electron chi connectivity index (χ4n) is 3.84. The van der Waals surface area contributed by atoms with E-state index in [2.05, 4.69) is 12.1 Å². The number of nitrogen functional groups attached to an aromatic ring is 2. The molecule has 4 heteroatoms. The van der Waals surface area contributed by atoms with Crippen molar-refractivity contribution in [1.82, 2.24) is 0 Å². The predicted molar refractivity (Wildman–Crippen MR) is 84.1 cm³/mol. The molecule has 0 saturated carbocycles. The first kappa shape index (κ1) is 12.3. The summed E-state index contributed by atoms with van der Waals surface area (Å²) in [6.07, 6.45) is 0.945. The number of rotatable bonds is 0. The van der Waals surface area contributed by atoms with E-state index in [-0.39, 0.29) is 11.9 Å². The summed E-state index contributed by atoms with van der Waals surface area (Å²) in [5.41, 5.74) is 17.9. The zero-order valence-corrected chi connectivity index (χ0v) is 11.8. The van der Waals surface area contributed by atoms with E-state index in [1.807, 2.05) is 29.2 Å². The maximum atomic E-state index is 12.2. The average Bonchev–Trinajstić information content (AvgIpc) is 2.92. The van der Waals surface area contributed by atoms with Crippen LogP contribution in [0.1, 0.15) is 35.6 Å². The van der Waals surface area contributed by atoms with Crippen LogP contribution in [0.5, 0.6) is 0 Å². The molecule has 2 aliphatic rings. The van der Waals surface area contributed by atoms with Crippen LogP contribution in [0.15, 0.2) is 36.4 Å². The molecule has 4 N–H and O–H groups in total. The van der Waals surface area contributed by atoms with E-state index >= 15 is 0 Å². The molecule has 1 aliphatic heterocycles. The molecule has 0 saturated heterocycles. The lowest BCUT2D eigenvalue weighted by Gasteiger charge is -2.25. The van der Waals surface area contributed by atoms with Gasteiger partial charge in [0, 0.05) is 29.9 Å². The fourth-order valence-corrected chi connectivity index (χ4v) is 3.84. The van der Waals surface area contributed by atoms with E-state index in [1.165, 1.54) is 16.7 Å². The summed E-state index contributed by atoms with van der Waals surface area (Å²) in [5, 5.41) is 0. The number of nitrogens with two attached hydrogens (primary N) is 2. The quantitative estimate of drug-likeness (QED) is 0.728. The Hall–Kier alpha value is -2.49. The van der Waals surface area contributed by atoms with E-state index < -0.39 is 0 Å². The molecular formula is C17H17N3O. The summed E-state index contributed by atoms with van der Waals surface area (Å²) in [6.45, 7) is 1.61. The lowest BCUT2D eigenvalue weighted by atomic mass is 9.95. The van der Waals surface area contributed by atoms with E-state index in [4.69, 9.17) is 11.5 Å². The molecule has 2 aromatic rings. The molecular weight excluding hydrogens is 262 g/mol. The second kappa shape index (κ2) is 4.01. The van der Waals surface area contributed by atoms with Gasteiger partial charge >= 0.3 is 0 Å². The molecule has 21 heavy (non-hydrogen) atoms. The molecule has 0 spiro atoms. The Kier molecular flexibility index (Phi) is 2.34. The Morgan fingerprint density at radius 2 is 1.81 bits per heavy atom. The summed E-state index contributed by atoms with van der Waals surface area (Å²) >= 11 is 0. The third-order valence-electron chi connectivity index (χ3n) is 4.64. The maximum Gasteiger partial charge on any atom is 0.224 e. The van der Waals surface area contributed by atoms with Gasteiger partial charge in [-0.1, -0.05) is 12.1 Å². The minimum atomic E-state index is 0.0459. The van der Waals surface area contributed by atoms with Gasteiger partial charge in [-0.3, -0.25) is 4.79 Å². The van der Waals surface area contributed by atoms with Gasteiger partial charge in [-0.15, -0.1) is 0 Å². The van der Waals surface area contributed by atoms with Crippen LogP contribution in [0.25, 0.3) is 0 Å². The smallest absolute Gasteiger partial charge is 0.224 e. The largest absolute Gasteiger partial charge is 0.399 e. The Morgan fingerprint density at radius 3 is 2.57 bits per heavy atom. The molecule has 1 heterocycles. The second-order valence-corrected chi connectivity index (χ2v) is 5.92. The fraction of sp³-hybridized carbons (Fsp3) is 0.235. The number of benzene rings is 2. The summed E-state index contributed by atoms with van der Waals surface area (Å²) < 4.78 is 0. The highest BCUT2D eigenvalue weighted by molar-refractivity contribution is 5.96. The molecule has 0 bridgehead atoms. The molecule has 0 unspecified atom stereocenters. The Balaban J connectivity index is 1.93. The molecule has 106 valence electrons. The second-order valence-electron chi connectivity index (χ2n) is 5.92. The van der Waals surface area contributed by atoms with Gasteiger partial charge < -0.3 is 16.4 Å². The van der Waals surface area contributed by atoms with Gasteiger partial charge in [0.2, 0.25) is 5.91 Å². The average molecular weight is 279 g/mol. The first-order valence-corrected chi connectivity index (χ1v) is 7.14. The zero-order valence-electron chi connectivity index (χ0n) is 11.8. The standard InChI is InChI=1S/C17H17N3O/c1-9(21)20-16-8-12(19)4-5-13(16)15-6-10-2-3-11(18)7-14(10)17(15)20/h2-5,7-8,15,17H,6,18-19H2,1H3/t15-,17-/m0/s1. The van der Waals surface area contributed by atoms with Crippen LogP contribution in [-0.2, 0) is 11.2 Å². The van der Waals surface area contributed by atoms with Crippen molar-refractivity contribution in [3.05, 3.63) is 53.1 Å². The van der Waals surface area contributed by atoms with Crippen LogP contribution in [0.2, 0.25) is 0 Å². The van der Waals surface area contributed by atoms with Crippen molar-refractivity contribution < 1.29 is 4.79 Å². The summed E-state index contributed by atoms with van der Waals surface area (Å²) in [4.78, 5) is 14.1. The Labute approximate surface area is 123 Å². The topological polar surface area (TPSA) is 72.3 Å². The Bertz CT molecular complexity index is 769. The number of hydrogen-bond donors (Lipinski definition) is 2. The van der Waals surface area contributed by atoms with Gasteiger partial charge in [0.1, 0.15) is 0 Å². The number of fused-ring (bicyclic) bond motifs is 5. The summed E-state index contributed by atoms with van der Waals surface area (Å²) in [7, 11) is 0.